The Labute approximate surface area is 244 Å². The van der Waals surface area contributed by atoms with Crippen molar-refractivity contribution in [3.05, 3.63) is 12.2 Å². The smallest absolute Gasteiger partial charge is 0.303 e. The van der Waals surface area contributed by atoms with Gasteiger partial charge in [-0.25, -0.2) is 0 Å². The lowest BCUT2D eigenvalue weighted by Gasteiger charge is -2.63. The number of esters is 3. The fourth-order valence-electron chi connectivity index (χ4n) is 11.1. The first kappa shape index (κ1) is 29.2. The van der Waals surface area contributed by atoms with Crippen LogP contribution in [0.1, 0.15) is 92.9 Å². The van der Waals surface area contributed by atoms with Crippen LogP contribution in [-0.4, -0.2) is 54.7 Å². The fraction of sp³-hybridized carbons (Fsp3) is 0.848. The first-order valence-corrected chi connectivity index (χ1v) is 15.8. The second-order valence-electron chi connectivity index (χ2n) is 14.7. The van der Waals surface area contributed by atoms with E-state index >= 15 is 0 Å². The van der Waals surface area contributed by atoms with Crippen molar-refractivity contribution in [3.8, 4) is 0 Å². The Morgan fingerprint density at radius 1 is 0.829 bits per heavy atom. The van der Waals surface area contributed by atoms with E-state index in [4.69, 9.17) is 23.7 Å². The van der Waals surface area contributed by atoms with Crippen molar-refractivity contribution in [2.24, 2.45) is 46.3 Å². The molecule has 8 nitrogen and oxygen atoms in total. The minimum Gasteiger partial charge on any atom is -0.462 e. The Hall–Kier alpha value is -1.93. The molecule has 228 valence electrons. The van der Waals surface area contributed by atoms with Crippen LogP contribution in [0.3, 0.4) is 0 Å². The van der Waals surface area contributed by atoms with Gasteiger partial charge in [-0.2, -0.15) is 0 Å². The molecule has 2 heterocycles. The predicted octanol–water partition coefficient (Wildman–Crippen LogP) is 5.37. The van der Waals surface area contributed by atoms with Crippen molar-refractivity contribution < 1.29 is 38.1 Å². The molecule has 0 aromatic heterocycles. The highest BCUT2D eigenvalue weighted by molar-refractivity contribution is 5.67. The molecule has 41 heavy (non-hydrogen) atoms. The Morgan fingerprint density at radius 2 is 1.49 bits per heavy atom. The van der Waals surface area contributed by atoms with Gasteiger partial charge in [0.15, 0.2) is 5.79 Å². The quantitative estimate of drug-likeness (QED) is 0.253. The summed E-state index contributed by atoms with van der Waals surface area (Å²) < 4.78 is 30.9. The Bertz CT molecular complexity index is 1110. The highest BCUT2D eigenvalue weighted by Gasteiger charge is 2.70. The summed E-state index contributed by atoms with van der Waals surface area (Å²) in [5.74, 6) is 0.417. The van der Waals surface area contributed by atoms with Gasteiger partial charge in [-0.1, -0.05) is 32.9 Å². The molecule has 13 unspecified atom stereocenters. The summed E-state index contributed by atoms with van der Waals surface area (Å²) in [5.41, 5.74) is 1.03. The highest BCUT2D eigenvalue weighted by Crippen LogP contribution is 2.71. The Balaban J connectivity index is 1.31. The van der Waals surface area contributed by atoms with Crippen molar-refractivity contribution in [2.45, 2.75) is 123 Å². The first-order chi connectivity index (χ1) is 19.3. The number of carbonyl (C=O) groups excluding carboxylic acids is 3. The second kappa shape index (κ2) is 10.1. The van der Waals surface area contributed by atoms with E-state index in [1.165, 1.54) is 20.8 Å². The largest absolute Gasteiger partial charge is 0.462 e. The third-order valence-electron chi connectivity index (χ3n) is 12.6. The summed E-state index contributed by atoms with van der Waals surface area (Å²) in [5, 5.41) is 0. The maximum atomic E-state index is 12.4. The maximum absolute atomic E-state index is 12.4. The Kier molecular flexibility index (Phi) is 7.16. The van der Waals surface area contributed by atoms with Gasteiger partial charge in [0.1, 0.15) is 18.3 Å². The summed E-state index contributed by atoms with van der Waals surface area (Å²) in [7, 11) is 0. The summed E-state index contributed by atoms with van der Waals surface area (Å²) in [6.45, 7) is 16.1. The van der Waals surface area contributed by atoms with Crippen LogP contribution in [0.4, 0.5) is 0 Å². The summed E-state index contributed by atoms with van der Waals surface area (Å²) >= 11 is 0. The second-order valence-corrected chi connectivity index (χ2v) is 14.7. The molecular formula is C33H48O8. The third kappa shape index (κ3) is 4.57. The molecule has 13 atom stereocenters. The minimum atomic E-state index is -0.541. The van der Waals surface area contributed by atoms with E-state index in [-0.39, 0.29) is 40.9 Å². The average Bonchev–Trinajstić information content (AvgIpc) is 3.31. The van der Waals surface area contributed by atoms with Gasteiger partial charge in [-0.15, -0.1) is 0 Å². The lowest BCUT2D eigenvalue weighted by Crippen LogP contribution is -2.62. The zero-order valence-electron chi connectivity index (χ0n) is 25.6. The van der Waals surface area contributed by atoms with E-state index in [1.807, 2.05) is 0 Å². The van der Waals surface area contributed by atoms with Crippen LogP contribution < -0.4 is 0 Å². The summed E-state index contributed by atoms with van der Waals surface area (Å²) in [6.07, 6.45) is 5.79. The van der Waals surface area contributed by atoms with Gasteiger partial charge in [-0.05, 0) is 79.4 Å². The topological polar surface area (TPSA) is 97.4 Å². The Morgan fingerprint density at radius 3 is 2.12 bits per heavy atom. The molecule has 0 N–H and O–H groups in total. The van der Waals surface area contributed by atoms with Crippen LogP contribution in [0.2, 0.25) is 0 Å². The molecule has 8 heteroatoms. The highest BCUT2D eigenvalue weighted by atomic mass is 16.7. The SMILES string of the molecule is C=C1CCC2(OC1)OC1CC3C4CC(OC(C)=O)C5CC(OC(C)=O)C(OC(C)=O)CC5(C)C4CCC3(C)C1C2C. The standard InChI is InChI=1S/C33H48O8/c1-17-8-11-33(37-16-17)18(2)30-28(41-33)13-24-22-12-26(38-19(3)34)25-14-27(39-20(4)35)29(40-21(5)36)15-32(25,7)23(22)9-10-31(24,30)6/h18,22-30H,1,8-16H2,2-7H3. The number of fused-ring (bicyclic) bond motifs is 7. The van der Waals surface area contributed by atoms with Crippen LogP contribution in [0.25, 0.3) is 0 Å². The molecule has 0 radical (unpaired) electrons. The van der Waals surface area contributed by atoms with Gasteiger partial charge >= 0.3 is 17.9 Å². The summed E-state index contributed by atoms with van der Waals surface area (Å²) in [6, 6.07) is 0. The first-order valence-electron chi connectivity index (χ1n) is 15.8. The van der Waals surface area contributed by atoms with Crippen LogP contribution in [-0.2, 0) is 38.1 Å². The van der Waals surface area contributed by atoms with Gasteiger partial charge in [0.2, 0.25) is 0 Å². The molecule has 2 aliphatic heterocycles. The zero-order chi connectivity index (χ0) is 29.5. The minimum absolute atomic E-state index is 0.0243. The normalized spacial score (nSPS) is 50.2. The van der Waals surface area contributed by atoms with Crippen LogP contribution in [0.5, 0.6) is 0 Å². The fourth-order valence-corrected chi connectivity index (χ4v) is 11.1. The lowest BCUT2D eigenvalue weighted by molar-refractivity contribution is -0.258. The van der Waals surface area contributed by atoms with Crippen molar-refractivity contribution >= 4 is 17.9 Å². The number of ether oxygens (including phenoxy) is 5. The van der Waals surface area contributed by atoms with Crippen LogP contribution in [0, 0.1) is 46.3 Å². The predicted molar refractivity (Wildman–Crippen MR) is 149 cm³/mol. The summed E-state index contributed by atoms with van der Waals surface area (Å²) in [4.78, 5) is 36.5. The van der Waals surface area contributed by atoms with Crippen molar-refractivity contribution in [1.82, 2.24) is 0 Å². The molecule has 6 fully saturated rings. The van der Waals surface area contributed by atoms with Gasteiger partial charge in [0.25, 0.3) is 0 Å². The molecular weight excluding hydrogens is 524 g/mol. The van der Waals surface area contributed by atoms with E-state index < -0.39 is 24.0 Å². The van der Waals surface area contributed by atoms with Gasteiger partial charge in [0, 0.05) is 39.0 Å². The molecule has 2 saturated heterocycles. The molecule has 0 amide bonds. The number of hydrogen-bond donors (Lipinski definition) is 0. The molecule has 0 aromatic rings. The molecule has 6 aliphatic rings. The van der Waals surface area contributed by atoms with E-state index in [0.29, 0.717) is 49.0 Å². The van der Waals surface area contributed by atoms with E-state index in [1.54, 1.807) is 0 Å². The zero-order valence-corrected chi connectivity index (χ0v) is 25.6. The van der Waals surface area contributed by atoms with E-state index in [2.05, 4.69) is 27.4 Å². The van der Waals surface area contributed by atoms with Crippen LogP contribution in [0.15, 0.2) is 12.2 Å². The molecule has 0 bridgehead atoms. The third-order valence-corrected chi connectivity index (χ3v) is 12.6. The van der Waals surface area contributed by atoms with Crippen molar-refractivity contribution in [2.75, 3.05) is 6.61 Å². The maximum Gasteiger partial charge on any atom is 0.303 e. The van der Waals surface area contributed by atoms with E-state index in [0.717, 1.165) is 44.1 Å². The van der Waals surface area contributed by atoms with Gasteiger partial charge in [-0.3, -0.25) is 14.4 Å². The molecule has 0 aromatic carbocycles. The van der Waals surface area contributed by atoms with E-state index in [9.17, 15) is 14.4 Å². The lowest BCUT2D eigenvalue weighted by atomic mass is 9.43. The monoisotopic (exact) mass is 572 g/mol. The van der Waals surface area contributed by atoms with Crippen molar-refractivity contribution in [3.63, 3.8) is 0 Å². The number of carbonyl (C=O) groups is 3. The molecule has 4 aliphatic carbocycles. The molecule has 4 saturated carbocycles. The van der Waals surface area contributed by atoms with Gasteiger partial charge < -0.3 is 23.7 Å². The van der Waals surface area contributed by atoms with Gasteiger partial charge in [0.05, 0.1) is 12.7 Å². The number of hydrogen-bond acceptors (Lipinski definition) is 8. The molecule has 1 spiro atoms. The van der Waals surface area contributed by atoms with Crippen molar-refractivity contribution in [1.29, 1.82) is 0 Å². The van der Waals surface area contributed by atoms with Crippen LogP contribution >= 0.6 is 0 Å². The average molecular weight is 573 g/mol. The number of rotatable bonds is 3. The molecule has 6 rings (SSSR count).